The van der Waals surface area contributed by atoms with E-state index in [0.29, 0.717) is 0 Å². The first-order valence-electron chi connectivity index (χ1n) is 7.13. The molecule has 4 heteroatoms. The number of fused-ring (bicyclic) bond motifs is 1. The second-order valence-electron chi connectivity index (χ2n) is 5.23. The zero-order valence-corrected chi connectivity index (χ0v) is 12.1. The molecule has 4 aromatic rings. The Bertz CT molecular complexity index is 942. The molecule has 0 aliphatic carbocycles. The summed E-state index contributed by atoms with van der Waals surface area (Å²) >= 11 is 0. The van der Waals surface area contributed by atoms with E-state index < -0.39 is 0 Å². The summed E-state index contributed by atoms with van der Waals surface area (Å²) in [6.45, 7) is 2.10. The predicted octanol–water partition coefficient (Wildman–Crippen LogP) is 3.79. The molecule has 106 valence electrons. The first kappa shape index (κ1) is 12.7. The average Bonchev–Trinajstić information content (AvgIpc) is 2.99. The number of benzene rings is 1. The standard InChI is InChI=1S/C18H14N4/c1-13-7-9-19-11-16(13)14-5-6-17-15(10-14)12-22(21-17)18-4-2-3-8-20-18/h2-12H,1H3. The zero-order valence-electron chi connectivity index (χ0n) is 12.1. The van der Waals surface area contributed by atoms with Gasteiger partial charge in [0.1, 0.15) is 0 Å². The van der Waals surface area contributed by atoms with Gasteiger partial charge in [-0.2, -0.15) is 5.10 Å². The van der Waals surface area contributed by atoms with Crippen molar-refractivity contribution in [3.63, 3.8) is 0 Å². The van der Waals surface area contributed by atoms with Crippen LogP contribution in [0.1, 0.15) is 5.56 Å². The summed E-state index contributed by atoms with van der Waals surface area (Å²) in [5, 5.41) is 5.67. The van der Waals surface area contributed by atoms with Crippen molar-refractivity contribution in [1.82, 2.24) is 19.7 Å². The van der Waals surface area contributed by atoms with Crippen molar-refractivity contribution in [2.45, 2.75) is 6.92 Å². The van der Waals surface area contributed by atoms with Gasteiger partial charge in [-0.15, -0.1) is 0 Å². The van der Waals surface area contributed by atoms with E-state index in [1.807, 2.05) is 53.6 Å². The lowest BCUT2D eigenvalue weighted by atomic mass is 10.0. The molecule has 0 radical (unpaired) electrons. The topological polar surface area (TPSA) is 43.6 Å². The van der Waals surface area contributed by atoms with E-state index in [1.165, 1.54) is 5.56 Å². The van der Waals surface area contributed by atoms with Crippen LogP contribution in [0.4, 0.5) is 0 Å². The van der Waals surface area contributed by atoms with E-state index in [1.54, 1.807) is 6.20 Å². The summed E-state index contributed by atoms with van der Waals surface area (Å²) in [5.41, 5.74) is 4.47. The summed E-state index contributed by atoms with van der Waals surface area (Å²) in [6.07, 6.45) is 7.50. The van der Waals surface area contributed by atoms with Gasteiger partial charge in [0.05, 0.1) is 5.52 Å². The molecular weight excluding hydrogens is 272 g/mol. The van der Waals surface area contributed by atoms with E-state index in [2.05, 4.69) is 34.1 Å². The third kappa shape index (κ3) is 2.15. The fourth-order valence-electron chi connectivity index (χ4n) is 2.57. The molecule has 0 fully saturated rings. The van der Waals surface area contributed by atoms with Crippen LogP contribution in [0, 0.1) is 6.92 Å². The van der Waals surface area contributed by atoms with Gasteiger partial charge in [-0.05, 0) is 48.4 Å². The maximum Gasteiger partial charge on any atom is 0.153 e. The third-order valence-electron chi connectivity index (χ3n) is 3.74. The highest BCUT2D eigenvalue weighted by Gasteiger charge is 2.07. The van der Waals surface area contributed by atoms with Gasteiger partial charge in [0.25, 0.3) is 0 Å². The highest BCUT2D eigenvalue weighted by Crippen LogP contribution is 2.26. The van der Waals surface area contributed by atoms with Gasteiger partial charge >= 0.3 is 0 Å². The van der Waals surface area contributed by atoms with Crippen LogP contribution in [0.25, 0.3) is 27.8 Å². The van der Waals surface area contributed by atoms with E-state index in [4.69, 9.17) is 0 Å². The van der Waals surface area contributed by atoms with Gasteiger partial charge in [-0.1, -0.05) is 12.1 Å². The largest absolute Gasteiger partial charge is 0.264 e. The lowest BCUT2D eigenvalue weighted by molar-refractivity contribution is 0.860. The Kier molecular flexibility index (Phi) is 2.93. The van der Waals surface area contributed by atoms with Gasteiger partial charge in [0, 0.05) is 35.7 Å². The maximum absolute atomic E-state index is 4.58. The molecule has 0 aliphatic heterocycles. The highest BCUT2D eigenvalue weighted by molar-refractivity contribution is 5.84. The van der Waals surface area contributed by atoms with E-state index >= 15 is 0 Å². The Hall–Kier alpha value is -3.01. The summed E-state index contributed by atoms with van der Waals surface area (Å²) in [7, 11) is 0. The first-order chi connectivity index (χ1) is 10.8. The van der Waals surface area contributed by atoms with Crippen molar-refractivity contribution in [3.05, 3.63) is 72.8 Å². The number of pyridine rings is 2. The monoisotopic (exact) mass is 286 g/mol. The maximum atomic E-state index is 4.58. The minimum absolute atomic E-state index is 0.817. The number of hydrogen-bond donors (Lipinski definition) is 0. The molecule has 3 heterocycles. The minimum Gasteiger partial charge on any atom is -0.264 e. The quantitative estimate of drug-likeness (QED) is 0.563. The van der Waals surface area contributed by atoms with Crippen LogP contribution in [-0.4, -0.2) is 19.7 Å². The highest BCUT2D eigenvalue weighted by atomic mass is 15.3. The molecule has 0 saturated heterocycles. The number of nitrogens with zero attached hydrogens (tertiary/aromatic N) is 4. The summed E-state index contributed by atoms with van der Waals surface area (Å²) in [6, 6.07) is 14.1. The fraction of sp³-hybridized carbons (Fsp3) is 0.0556. The van der Waals surface area contributed by atoms with Crippen LogP contribution in [-0.2, 0) is 0 Å². The van der Waals surface area contributed by atoms with Crippen LogP contribution in [0.3, 0.4) is 0 Å². The Labute approximate surface area is 128 Å². The number of hydrogen-bond acceptors (Lipinski definition) is 3. The second kappa shape index (κ2) is 5.07. The lowest BCUT2D eigenvalue weighted by Crippen LogP contribution is -1.96. The smallest absolute Gasteiger partial charge is 0.153 e. The first-order valence-corrected chi connectivity index (χ1v) is 7.13. The Morgan fingerprint density at radius 3 is 2.77 bits per heavy atom. The summed E-state index contributed by atoms with van der Waals surface area (Å²) < 4.78 is 1.81. The minimum atomic E-state index is 0.817. The molecule has 1 aromatic carbocycles. The van der Waals surface area contributed by atoms with Crippen molar-refractivity contribution >= 4 is 10.9 Å². The van der Waals surface area contributed by atoms with Gasteiger partial charge in [0.2, 0.25) is 0 Å². The van der Waals surface area contributed by atoms with Crippen LogP contribution >= 0.6 is 0 Å². The number of rotatable bonds is 2. The average molecular weight is 286 g/mol. The van der Waals surface area contributed by atoms with Crippen LogP contribution in [0.5, 0.6) is 0 Å². The van der Waals surface area contributed by atoms with Crippen molar-refractivity contribution < 1.29 is 0 Å². The SMILES string of the molecule is Cc1ccncc1-c1ccc2nn(-c3ccccn3)cc2c1. The van der Waals surface area contributed by atoms with E-state index in [9.17, 15) is 0 Å². The van der Waals surface area contributed by atoms with E-state index in [-0.39, 0.29) is 0 Å². The molecule has 0 amide bonds. The molecule has 0 bridgehead atoms. The van der Waals surface area contributed by atoms with Crippen molar-refractivity contribution in [2.24, 2.45) is 0 Å². The predicted molar refractivity (Wildman–Crippen MR) is 86.8 cm³/mol. The van der Waals surface area contributed by atoms with Crippen LogP contribution in [0.2, 0.25) is 0 Å². The molecule has 22 heavy (non-hydrogen) atoms. The van der Waals surface area contributed by atoms with Crippen LogP contribution in [0.15, 0.2) is 67.3 Å². The van der Waals surface area contributed by atoms with Gasteiger partial charge < -0.3 is 0 Å². The van der Waals surface area contributed by atoms with Crippen molar-refractivity contribution in [2.75, 3.05) is 0 Å². The number of aryl methyl sites for hydroxylation is 1. The van der Waals surface area contributed by atoms with Crippen LogP contribution < -0.4 is 0 Å². The molecule has 0 spiro atoms. The molecule has 4 nitrogen and oxygen atoms in total. The third-order valence-corrected chi connectivity index (χ3v) is 3.74. The Morgan fingerprint density at radius 1 is 1.00 bits per heavy atom. The van der Waals surface area contributed by atoms with Crippen molar-refractivity contribution in [3.8, 4) is 16.9 Å². The molecule has 0 atom stereocenters. The molecule has 0 N–H and O–H groups in total. The Balaban J connectivity index is 1.84. The molecule has 3 aromatic heterocycles. The summed E-state index contributed by atoms with van der Waals surface area (Å²) in [4.78, 5) is 8.55. The molecule has 0 aliphatic rings. The lowest BCUT2D eigenvalue weighted by Gasteiger charge is -2.04. The summed E-state index contributed by atoms with van der Waals surface area (Å²) in [5.74, 6) is 0.817. The van der Waals surface area contributed by atoms with E-state index in [0.717, 1.165) is 27.8 Å². The normalized spacial score (nSPS) is 11.0. The van der Waals surface area contributed by atoms with Gasteiger partial charge in [-0.25, -0.2) is 9.67 Å². The fourth-order valence-corrected chi connectivity index (χ4v) is 2.57. The van der Waals surface area contributed by atoms with Gasteiger partial charge in [0.15, 0.2) is 5.82 Å². The van der Waals surface area contributed by atoms with Gasteiger partial charge in [-0.3, -0.25) is 4.98 Å². The zero-order chi connectivity index (χ0) is 14.9. The molecular formula is C18H14N4. The number of aromatic nitrogens is 4. The second-order valence-corrected chi connectivity index (χ2v) is 5.23. The van der Waals surface area contributed by atoms with Crippen molar-refractivity contribution in [1.29, 1.82) is 0 Å². The molecule has 4 rings (SSSR count). The molecule has 0 saturated carbocycles. The Morgan fingerprint density at radius 2 is 1.95 bits per heavy atom. The molecule has 0 unspecified atom stereocenters.